The van der Waals surface area contributed by atoms with Gasteiger partial charge in [-0.1, -0.05) is 12.1 Å². The fourth-order valence-electron chi connectivity index (χ4n) is 2.02. The monoisotopic (exact) mass is 282 g/mol. The van der Waals surface area contributed by atoms with Crippen molar-refractivity contribution in [2.24, 2.45) is 0 Å². The number of aryl methyl sites for hydroxylation is 1. The Morgan fingerprint density at radius 2 is 2.00 bits per heavy atom. The van der Waals surface area contributed by atoms with Crippen LogP contribution in [0.4, 0.5) is 11.5 Å². The van der Waals surface area contributed by atoms with Crippen molar-refractivity contribution in [3.63, 3.8) is 0 Å². The Kier molecular flexibility index (Phi) is 4.14. The van der Waals surface area contributed by atoms with Crippen LogP contribution in [0.25, 0.3) is 0 Å². The molecule has 2 rings (SSSR count). The number of nitro groups is 1. The average molecular weight is 282 g/mol. The highest BCUT2D eigenvalue weighted by Gasteiger charge is 2.20. The van der Waals surface area contributed by atoms with Gasteiger partial charge in [-0.25, -0.2) is 4.98 Å². The molecule has 0 radical (unpaired) electrons. The standard InChI is InChI=1S/C15H14N4O2/c1-10-7-8-17-15(14(10)19(20)21)18-11(2)13-5-3-12(9-16)4-6-13/h3-8,11H,1-2H3,(H,17,18). The van der Waals surface area contributed by atoms with E-state index in [4.69, 9.17) is 5.26 Å². The van der Waals surface area contributed by atoms with Crippen molar-refractivity contribution in [3.8, 4) is 6.07 Å². The maximum absolute atomic E-state index is 11.1. The lowest BCUT2D eigenvalue weighted by Gasteiger charge is -2.15. The van der Waals surface area contributed by atoms with E-state index in [2.05, 4.69) is 16.4 Å². The van der Waals surface area contributed by atoms with Gasteiger partial charge in [0.15, 0.2) is 0 Å². The van der Waals surface area contributed by atoms with Gasteiger partial charge in [-0.05, 0) is 37.6 Å². The summed E-state index contributed by atoms with van der Waals surface area (Å²) in [5.74, 6) is 0.247. The molecule has 6 nitrogen and oxygen atoms in total. The first-order chi connectivity index (χ1) is 10.0. The molecule has 1 unspecified atom stereocenters. The topological polar surface area (TPSA) is 91.8 Å². The third-order valence-corrected chi connectivity index (χ3v) is 3.20. The number of nitrogens with zero attached hydrogens (tertiary/aromatic N) is 3. The van der Waals surface area contributed by atoms with E-state index in [9.17, 15) is 10.1 Å². The van der Waals surface area contributed by atoms with E-state index in [-0.39, 0.29) is 17.5 Å². The van der Waals surface area contributed by atoms with Gasteiger partial charge in [0.1, 0.15) is 0 Å². The molecular formula is C15H14N4O2. The van der Waals surface area contributed by atoms with Crippen LogP contribution in [-0.4, -0.2) is 9.91 Å². The summed E-state index contributed by atoms with van der Waals surface area (Å²) in [6, 6.07) is 10.6. The number of nitrogens with one attached hydrogen (secondary N) is 1. The van der Waals surface area contributed by atoms with Gasteiger partial charge in [-0.3, -0.25) is 10.1 Å². The van der Waals surface area contributed by atoms with E-state index in [1.54, 1.807) is 25.1 Å². The van der Waals surface area contributed by atoms with E-state index in [0.717, 1.165) is 5.56 Å². The minimum absolute atomic E-state index is 0.0157. The van der Waals surface area contributed by atoms with Crippen LogP contribution in [0.1, 0.15) is 29.7 Å². The second-order valence-electron chi connectivity index (χ2n) is 4.68. The van der Waals surface area contributed by atoms with Gasteiger partial charge in [0, 0.05) is 11.8 Å². The molecule has 0 spiro atoms. The van der Waals surface area contributed by atoms with Crippen molar-refractivity contribution in [3.05, 3.63) is 63.3 Å². The molecule has 1 heterocycles. The molecule has 1 atom stereocenters. The quantitative estimate of drug-likeness (QED) is 0.685. The second-order valence-corrected chi connectivity index (χ2v) is 4.68. The summed E-state index contributed by atoms with van der Waals surface area (Å²) in [6.07, 6.45) is 1.54. The minimum atomic E-state index is -0.434. The van der Waals surface area contributed by atoms with E-state index in [1.807, 2.05) is 19.1 Å². The number of hydrogen-bond acceptors (Lipinski definition) is 5. The summed E-state index contributed by atoms with van der Waals surface area (Å²) < 4.78 is 0. The Bertz CT molecular complexity index is 705. The molecular weight excluding hydrogens is 268 g/mol. The van der Waals surface area contributed by atoms with E-state index < -0.39 is 4.92 Å². The molecule has 0 saturated carbocycles. The maximum atomic E-state index is 11.1. The summed E-state index contributed by atoms with van der Waals surface area (Å²) in [6.45, 7) is 3.56. The van der Waals surface area contributed by atoms with Gasteiger partial charge in [-0.2, -0.15) is 5.26 Å². The van der Waals surface area contributed by atoms with E-state index in [1.165, 1.54) is 6.20 Å². The van der Waals surface area contributed by atoms with Crippen LogP contribution in [-0.2, 0) is 0 Å². The molecule has 21 heavy (non-hydrogen) atoms. The van der Waals surface area contributed by atoms with Gasteiger partial charge in [0.05, 0.1) is 22.6 Å². The lowest BCUT2D eigenvalue weighted by molar-refractivity contribution is -0.384. The smallest absolute Gasteiger partial charge is 0.314 e. The third-order valence-electron chi connectivity index (χ3n) is 3.20. The van der Waals surface area contributed by atoms with Gasteiger partial charge in [-0.15, -0.1) is 0 Å². The molecule has 0 amide bonds. The van der Waals surface area contributed by atoms with Crippen molar-refractivity contribution in [1.29, 1.82) is 5.26 Å². The fourth-order valence-corrected chi connectivity index (χ4v) is 2.02. The molecule has 0 aliphatic carbocycles. The van der Waals surface area contributed by atoms with E-state index in [0.29, 0.717) is 11.1 Å². The van der Waals surface area contributed by atoms with Crippen LogP contribution < -0.4 is 5.32 Å². The number of aromatic nitrogens is 1. The van der Waals surface area contributed by atoms with Crippen LogP contribution in [0.3, 0.4) is 0 Å². The highest BCUT2D eigenvalue weighted by atomic mass is 16.6. The van der Waals surface area contributed by atoms with Gasteiger partial charge in [0.2, 0.25) is 5.82 Å². The zero-order valence-corrected chi connectivity index (χ0v) is 11.7. The molecule has 1 aromatic heterocycles. The second kappa shape index (κ2) is 6.01. The molecule has 0 bridgehead atoms. The van der Waals surface area contributed by atoms with Crippen molar-refractivity contribution in [2.75, 3.05) is 5.32 Å². The van der Waals surface area contributed by atoms with Crippen LogP contribution in [0.15, 0.2) is 36.5 Å². The first-order valence-electron chi connectivity index (χ1n) is 6.39. The summed E-state index contributed by atoms with van der Waals surface area (Å²) in [7, 11) is 0. The number of rotatable bonds is 4. The Hall–Kier alpha value is -2.94. The fraction of sp³-hybridized carbons (Fsp3) is 0.200. The maximum Gasteiger partial charge on any atom is 0.314 e. The predicted molar refractivity (Wildman–Crippen MR) is 78.8 cm³/mol. The number of hydrogen-bond donors (Lipinski definition) is 1. The van der Waals surface area contributed by atoms with Gasteiger partial charge in [0.25, 0.3) is 0 Å². The summed E-state index contributed by atoms with van der Waals surface area (Å²) in [4.78, 5) is 14.8. The van der Waals surface area contributed by atoms with Crippen LogP contribution in [0.2, 0.25) is 0 Å². The minimum Gasteiger partial charge on any atom is -0.358 e. The molecule has 1 N–H and O–H groups in total. The van der Waals surface area contributed by atoms with Gasteiger partial charge >= 0.3 is 5.69 Å². The third kappa shape index (κ3) is 3.15. The molecule has 2 aromatic rings. The Morgan fingerprint density at radius 1 is 1.33 bits per heavy atom. The Labute approximate surface area is 122 Å². The molecule has 0 aliphatic rings. The van der Waals surface area contributed by atoms with E-state index >= 15 is 0 Å². The molecule has 106 valence electrons. The first kappa shape index (κ1) is 14.5. The lowest BCUT2D eigenvalue weighted by Crippen LogP contribution is -2.10. The van der Waals surface area contributed by atoms with Gasteiger partial charge < -0.3 is 5.32 Å². The summed E-state index contributed by atoms with van der Waals surface area (Å²) in [5, 5.41) is 23.0. The highest BCUT2D eigenvalue weighted by Crippen LogP contribution is 2.28. The zero-order valence-electron chi connectivity index (χ0n) is 11.7. The first-order valence-corrected chi connectivity index (χ1v) is 6.39. The summed E-state index contributed by atoms with van der Waals surface area (Å²) in [5.41, 5.74) is 2.04. The SMILES string of the molecule is Cc1ccnc(NC(C)c2ccc(C#N)cc2)c1[N+](=O)[O-]. The number of nitriles is 1. The van der Waals surface area contributed by atoms with Crippen molar-refractivity contribution < 1.29 is 4.92 Å². The Morgan fingerprint density at radius 3 is 2.57 bits per heavy atom. The molecule has 0 saturated heterocycles. The largest absolute Gasteiger partial charge is 0.358 e. The zero-order chi connectivity index (χ0) is 15.4. The van der Waals surface area contributed by atoms with Crippen molar-refractivity contribution >= 4 is 11.5 Å². The predicted octanol–water partition coefficient (Wildman–Crippen LogP) is 3.34. The molecule has 0 aliphatic heterocycles. The molecule has 0 fully saturated rings. The summed E-state index contributed by atoms with van der Waals surface area (Å²) >= 11 is 0. The van der Waals surface area contributed by atoms with Crippen LogP contribution in [0, 0.1) is 28.4 Å². The van der Waals surface area contributed by atoms with Crippen LogP contribution >= 0.6 is 0 Å². The molecule has 6 heteroatoms. The Balaban J connectivity index is 2.27. The lowest BCUT2D eigenvalue weighted by atomic mass is 10.1. The number of anilines is 1. The van der Waals surface area contributed by atoms with Crippen molar-refractivity contribution in [2.45, 2.75) is 19.9 Å². The molecule has 1 aromatic carbocycles. The van der Waals surface area contributed by atoms with Crippen molar-refractivity contribution in [1.82, 2.24) is 4.98 Å². The van der Waals surface area contributed by atoms with Crippen LogP contribution in [0.5, 0.6) is 0 Å². The normalized spacial score (nSPS) is 11.5. The average Bonchev–Trinajstić information content (AvgIpc) is 2.47. The number of benzene rings is 1. The number of pyridine rings is 1. The highest BCUT2D eigenvalue weighted by molar-refractivity contribution is 5.60.